The average molecular weight is 240 g/mol. The first-order valence-electron chi connectivity index (χ1n) is 5.19. The van der Waals surface area contributed by atoms with Crippen LogP contribution in [0.1, 0.15) is 5.56 Å². The van der Waals surface area contributed by atoms with Crippen LogP contribution in [-0.4, -0.2) is 39.0 Å². The van der Waals surface area contributed by atoms with Crippen LogP contribution in [0.3, 0.4) is 0 Å². The Kier molecular flexibility index (Phi) is 3.58. The highest BCUT2D eigenvalue weighted by Gasteiger charge is 2.24. The highest BCUT2D eigenvalue weighted by molar-refractivity contribution is 7.88. The largest absolute Gasteiger partial charge is 0.379 e. The van der Waals surface area contributed by atoms with Crippen molar-refractivity contribution in [2.45, 2.75) is 5.75 Å². The SMILES string of the molecule is O=S(=O)(Cc1cc[c]cc1)N1CCOCC1. The van der Waals surface area contributed by atoms with Crippen LogP contribution < -0.4 is 0 Å². The van der Waals surface area contributed by atoms with Crippen molar-refractivity contribution in [1.29, 1.82) is 0 Å². The topological polar surface area (TPSA) is 46.6 Å². The van der Waals surface area contributed by atoms with Crippen molar-refractivity contribution >= 4 is 10.0 Å². The van der Waals surface area contributed by atoms with Gasteiger partial charge in [0.1, 0.15) is 0 Å². The second kappa shape index (κ2) is 4.95. The van der Waals surface area contributed by atoms with Gasteiger partial charge in [0.25, 0.3) is 0 Å². The number of hydrogen-bond donors (Lipinski definition) is 0. The van der Waals surface area contributed by atoms with Gasteiger partial charge in [-0.3, -0.25) is 0 Å². The van der Waals surface area contributed by atoms with E-state index in [0.717, 1.165) is 5.56 Å². The third-order valence-corrected chi connectivity index (χ3v) is 4.35. The van der Waals surface area contributed by atoms with E-state index in [0.29, 0.717) is 26.3 Å². The summed E-state index contributed by atoms with van der Waals surface area (Å²) < 4.78 is 30.7. The minimum Gasteiger partial charge on any atom is -0.379 e. The van der Waals surface area contributed by atoms with Crippen LogP contribution in [0.2, 0.25) is 0 Å². The maximum Gasteiger partial charge on any atom is 0.218 e. The monoisotopic (exact) mass is 240 g/mol. The van der Waals surface area contributed by atoms with Gasteiger partial charge in [-0.25, -0.2) is 8.42 Å². The second-order valence-corrected chi connectivity index (χ2v) is 5.64. The van der Waals surface area contributed by atoms with E-state index in [4.69, 9.17) is 4.74 Å². The van der Waals surface area contributed by atoms with Gasteiger partial charge in [0.2, 0.25) is 10.0 Å². The summed E-state index contributed by atoms with van der Waals surface area (Å²) in [6.07, 6.45) is 0. The molecule has 1 aromatic rings. The summed E-state index contributed by atoms with van der Waals surface area (Å²) in [4.78, 5) is 0. The van der Waals surface area contributed by atoms with Crippen molar-refractivity contribution in [3.05, 3.63) is 35.9 Å². The Morgan fingerprint density at radius 3 is 2.50 bits per heavy atom. The lowest BCUT2D eigenvalue weighted by molar-refractivity contribution is 0.0729. The molecule has 1 saturated heterocycles. The molecule has 0 N–H and O–H groups in total. The van der Waals surface area contributed by atoms with Crippen LogP contribution in [-0.2, 0) is 20.5 Å². The first kappa shape index (κ1) is 11.6. The molecule has 0 saturated carbocycles. The van der Waals surface area contributed by atoms with Crippen molar-refractivity contribution in [1.82, 2.24) is 4.31 Å². The molecule has 2 rings (SSSR count). The molecule has 5 heteroatoms. The molecule has 1 aliphatic heterocycles. The van der Waals surface area contributed by atoms with Crippen LogP contribution >= 0.6 is 0 Å². The van der Waals surface area contributed by atoms with Crippen molar-refractivity contribution in [2.75, 3.05) is 26.3 Å². The zero-order valence-electron chi connectivity index (χ0n) is 8.93. The molecule has 1 aliphatic rings. The van der Waals surface area contributed by atoms with Gasteiger partial charge in [-0.15, -0.1) is 0 Å². The van der Waals surface area contributed by atoms with Gasteiger partial charge >= 0.3 is 0 Å². The number of sulfonamides is 1. The molecule has 16 heavy (non-hydrogen) atoms. The Morgan fingerprint density at radius 2 is 1.88 bits per heavy atom. The Hall–Kier alpha value is -0.910. The van der Waals surface area contributed by atoms with Crippen LogP contribution in [0.15, 0.2) is 24.3 Å². The summed E-state index contributed by atoms with van der Waals surface area (Å²) in [7, 11) is -3.20. The van der Waals surface area contributed by atoms with Crippen LogP contribution in [0.4, 0.5) is 0 Å². The molecule has 1 radical (unpaired) electrons. The third-order valence-electron chi connectivity index (χ3n) is 2.50. The zero-order valence-corrected chi connectivity index (χ0v) is 9.74. The fourth-order valence-electron chi connectivity index (χ4n) is 1.64. The number of nitrogens with zero attached hydrogens (tertiary/aromatic N) is 1. The molecule has 0 aromatic heterocycles. The Morgan fingerprint density at radius 1 is 1.25 bits per heavy atom. The fraction of sp³-hybridized carbons (Fsp3) is 0.455. The lowest BCUT2D eigenvalue weighted by atomic mass is 10.2. The molecule has 1 heterocycles. The van der Waals surface area contributed by atoms with Gasteiger partial charge in [0.05, 0.1) is 19.0 Å². The lowest BCUT2D eigenvalue weighted by Crippen LogP contribution is -2.41. The number of benzene rings is 1. The third kappa shape index (κ3) is 2.81. The van der Waals surface area contributed by atoms with Gasteiger partial charge in [-0.1, -0.05) is 24.3 Å². The average Bonchev–Trinajstić information content (AvgIpc) is 2.31. The molecule has 0 unspecified atom stereocenters. The minimum absolute atomic E-state index is 0.0572. The maximum absolute atomic E-state index is 12.0. The quantitative estimate of drug-likeness (QED) is 0.779. The van der Waals surface area contributed by atoms with Crippen molar-refractivity contribution in [3.8, 4) is 0 Å². The molecule has 0 bridgehead atoms. The van der Waals surface area contributed by atoms with Gasteiger partial charge in [0, 0.05) is 13.1 Å². The summed E-state index contributed by atoms with van der Waals surface area (Å²) in [5, 5.41) is 0. The number of morpholine rings is 1. The maximum atomic E-state index is 12.0. The molecular formula is C11H14NO3S. The molecule has 87 valence electrons. The summed E-state index contributed by atoms with van der Waals surface area (Å²) in [6, 6.07) is 9.87. The van der Waals surface area contributed by atoms with Crippen LogP contribution in [0.5, 0.6) is 0 Å². The number of rotatable bonds is 3. The predicted molar refractivity (Wildman–Crippen MR) is 60.3 cm³/mol. The highest BCUT2D eigenvalue weighted by Crippen LogP contribution is 2.11. The molecule has 0 amide bonds. The van der Waals surface area contributed by atoms with Gasteiger partial charge in [-0.05, 0) is 11.6 Å². The zero-order chi connectivity index (χ0) is 11.4. The molecule has 0 atom stereocenters. The standard InChI is InChI=1S/C11H14NO3S/c13-16(14,12-6-8-15-9-7-12)10-11-4-2-1-3-5-11/h2-5H,6-10H2. The lowest BCUT2D eigenvalue weighted by Gasteiger charge is -2.26. The summed E-state index contributed by atoms with van der Waals surface area (Å²) in [5.41, 5.74) is 0.797. The van der Waals surface area contributed by atoms with Gasteiger partial charge in [-0.2, -0.15) is 4.31 Å². The molecule has 4 nitrogen and oxygen atoms in total. The Balaban J connectivity index is 2.08. The van der Waals surface area contributed by atoms with Crippen LogP contribution in [0, 0.1) is 6.07 Å². The highest BCUT2D eigenvalue weighted by atomic mass is 32.2. The predicted octanol–water partition coefficient (Wildman–Crippen LogP) is 0.649. The van der Waals surface area contributed by atoms with E-state index in [9.17, 15) is 8.42 Å². The number of ether oxygens (including phenoxy) is 1. The van der Waals surface area contributed by atoms with Crippen molar-refractivity contribution < 1.29 is 13.2 Å². The molecular weight excluding hydrogens is 226 g/mol. The number of hydrogen-bond acceptors (Lipinski definition) is 3. The van der Waals surface area contributed by atoms with Gasteiger partial charge in [0.15, 0.2) is 0 Å². The molecule has 1 aromatic carbocycles. The van der Waals surface area contributed by atoms with Crippen molar-refractivity contribution in [3.63, 3.8) is 0 Å². The summed E-state index contributed by atoms with van der Waals surface area (Å²) in [5.74, 6) is 0.0572. The fourth-order valence-corrected chi connectivity index (χ4v) is 3.15. The normalized spacial score (nSPS) is 18.5. The molecule has 0 spiro atoms. The summed E-state index contributed by atoms with van der Waals surface area (Å²) >= 11 is 0. The summed E-state index contributed by atoms with van der Waals surface area (Å²) in [6.45, 7) is 1.90. The smallest absolute Gasteiger partial charge is 0.218 e. The first-order valence-corrected chi connectivity index (χ1v) is 6.80. The van der Waals surface area contributed by atoms with E-state index < -0.39 is 10.0 Å². The van der Waals surface area contributed by atoms with E-state index in [2.05, 4.69) is 6.07 Å². The minimum atomic E-state index is -3.20. The molecule has 1 fully saturated rings. The van der Waals surface area contributed by atoms with Crippen molar-refractivity contribution in [2.24, 2.45) is 0 Å². The Labute approximate surface area is 95.9 Å². The van der Waals surface area contributed by atoms with E-state index in [1.165, 1.54) is 4.31 Å². The van der Waals surface area contributed by atoms with E-state index >= 15 is 0 Å². The second-order valence-electron chi connectivity index (χ2n) is 3.68. The van der Waals surface area contributed by atoms with E-state index in [-0.39, 0.29) is 5.75 Å². The molecule has 0 aliphatic carbocycles. The van der Waals surface area contributed by atoms with E-state index in [1.807, 2.05) is 0 Å². The Bertz CT molecular complexity index is 424. The van der Waals surface area contributed by atoms with Crippen LogP contribution in [0.25, 0.3) is 0 Å². The first-order chi connectivity index (χ1) is 7.68. The van der Waals surface area contributed by atoms with E-state index in [1.54, 1.807) is 24.3 Å². The van der Waals surface area contributed by atoms with Gasteiger partial charge < -0.3 is 4.74 Å².